The second-order valence-electron chi connectivity index (χ2n) is 3.80. The van der Waals surface area contributed by atoms with Gasteiger partial charge in [0.1, 0.15) is 0 Å². The minimum absolute atomic E-state index is 0.0951. The average molecular weight is 235 g/mol. The Labute approximate surface area is 100 Å². The van der Waals surface area contributed by atoms with Crippen molar-refractivity contribution >= 4 is 17.5 Å². The molecule has 0 aliphatic rings. The molecule has 0 saturated carbocycles. The lowest BCUT2D eigenvalue weighted by molar-refractivity contribution is -0.118. The predicted molar refractivity (Wildman–Crippen MR) is 66.2 cm³/mol. The van der Waals surface area contributed by atoms with Crippen LogP contribution in [-0.4, -0.2) is 17.9 Å². The van der Waals surface area contributed by atoms with Gasteiger partial charge in [-0.25, -0.2) is 0 Å². The Morgan fingerprint density at radius 2 is 2.00 bits per heavy atom. The van der Waals surface area contributed by atoms with Gasteiger partial charge >= 0.3 is 0 Å². The number of anilines is 1. The van der Waals surface area contributed by atoms with Crippen molar-refractivity contribution < 1.29 is 9.59 Å². The molecule has 2 amide bonds. The molecule has 0 spiro atoms. The van der Waals surface area contributed by atoms with E-state index in [0.717, 1.165) is 0 Å². The van der Waals surface area contributed by atoms with Crippen LogP contribution in [0.5, 0.6) is 0 Å². The van der Waals surface area contributed by atoms with Crippen molar-refractivity contribution in [2.45, 2.75) is 25.8 Å². The van der Waals surface area contributed by atoms with Crippen LogP contribution in [0.2, 0.25) is 0 Å². The smallest absolute Gasteiger partial charge is 0.241 e. The van der Waals surface area contributed by atoms with E-state index in [9.17, 15) is 9.59 Å². The highest BCUT2D eigenvalue weighted by Gasteiger charge is 2.13. The number of hydrogen-bond acceptors (Lipinski definition) is 3. The van der Waals surface area contributed by atoms with Gasteiger partial charge in [-0.15, -0.1) is 0 Å². The molecule has 5 N–H and O–H groups in total. The molecule has 1 rings (SSSR count). The van der Waals surface area contributed by atoms with Crippen LogP contribution < -0.4 is 16.8 Å². The molecule has 5 nitrogen and oxygen atoms in total. The van der Waals surface area contributed by atoms with Gasteiger partial charge in [0.25, 0.3) is 0 Å². The largest absolute Gasteiger partial charge is 0.369 e. The first kappa shape index (κ1) is 13.2. The van der Waals surface area contributed by atoms with E-state index in [0.29, 0.717) is 17.7 Å². The first-order chi connectivity index (χ1) is 8.04. The second kappa shape index (κ2) is 6.00. The second-order valence-corrected chi connectivity index (χ2v) is 3.80. The van der Waals surface area contributed by atoms with Gasteiger partial charge in [-0.3, -0.25) is 9.59 Å². The summed E-state index contributed by atoms with van der Waals surface area (Å²) in [5.74, 6) is -0.698. The van der Waals surface area contributed by atoms with Crippen LogP contribution in [0.4, 0.5) is 5.69 Å². The third-order valence-electron chi connectivity index (χ3n) is 2.42. The highest BCUT2D eigenvalue weighted by Crippen LogP contribution is 2.15. The van der Waals surface area contributed by atoms with Gasteiger partial charge in [0.2, 0.25) is 11.8 Å². The van der Waals surface area contributed by atoms with Gasteiger partial charge in [0.15, 0.2) is 0 Å². The summed E-state index contributed by atoms with van der Waals surface area (Å²) in [5.41, 5.74) is 12.0. The number of carbonyl (C=O) groups is 2. The molecule has 0 aliphatic heterocycles. The lowest BCUT2D eigenvalue weighted by Crippen LogP contribution is -2.35. The predicted octanol–water partition coefficient (Wildman–Crippen LogP) is 0.390. The monoisotopic (exact) mass is 235 g/mol. The first-order valence-corrected chi connectivity index (χ1v) is 5.47. The number of amides is 2. The summed E-state index contributed by atoms with van der Waals surface area (Å²) in [7, 11) is 0. The normalized spacial score (nSPS) is 11.9. The third-order valence-corrected chi connectivity index (χ3v) is 2.42. The number of para-hydroxylation sites is 1. The fourth-order valence-corrected chi connectivity index (χ4v) is 1.39. The summed E-state index contributed by atoms with van der Waals surface area (Å²) in [5, 5.41) is 2.69. The van der Waals surface area contributed by atoms with E-state index in [4.69, 9.17) is 11.5 Å². The van der Waals surface area contributed by atoms with Crippen molar-refractivity contribution in [3.63, 3.8) is 0 Å². The maximum Gasteiger partial charge on any atom is 0.241 e. The van der Waals surface area contributed by atoms with Crippen LogP contribution in [0.15, 0.2) is 24.3 Å². The van der Waals surface area contributed by atoms with E-state index in [1.54, 1.807) is 24.3 Å². The molecule has 0 fully saturated rings. The molecule has 0 bridgehead atoms. The zero-order chi connectivity index (χ0) is 12.8. The molecule has 17 heavy (non-hydrogen) atoms. The number of benzene rings is 1. The number of primary amides is 1. The Morgan fingerprint density at radius 3 is 2.59 bits per heavy atom. The zero-order valence-electron chi connectivity index (χ0n) is 9.77. The minimum atomic E-state index is -0.545. The summed E-state index contributed by atoms with van der Waals surface area (Å²) in [6.07, 6.45) is 0.654. The lowest BCUT2D eigenvalue weighted by Gasteiger charge is -2.13. The standard InChI is InChI=1S/C12H17N3O2/c1-2-9(13)12(17)15-10-6-4-3-5-8(10)7-11(14)16/h3-6,9H,2,7,13H2,1H3,(H2,14,16)(H,15,17). The molecule has 0 aliphatic carbocycles. The summed E-state index contributed by atoms with van der Waals surface area (Å²) in [6, 6.07) is 6.48. The lowest BCUT2D eigenvalue weighted by atomic mass is 10.1. The van der Waals surface area contributed by atoms with Crippen molar-refractivity contribution in [1.29, 1.82) is 0 Å². The Hall–Kier alpha value is -1.88. The topological polar surface area (TPSA) is 98.2 Å². The summed E-state index contributed by atoms with van der Waals surface area (Å²) in [4.78, 5) is 22.5. The Bertz CT molecular complexity index is 418. The van der Waals surface area contributed by atoms with E-state index in [1.807, 2.05) is 6.92 Å². The SMILES string of the molecule is CCC(N)C(=O)Nc1ccccc1CC(N)=O. The van der Waals surface area contributed by atoms with Crippen molar-refractivity contribution in [1.82, 2.24) is 0 Å². The maximum atomic E-state index is 11.6. The molecule has 0 radical (unpaired) electrons. The van der Waals surface area contributed by atoms with Crippen LogP contribution in [-0.2, 0) is 16.0 Å². The number of nitrogens with one attached hydrogen (secondary N) is 1. The van der Waals surface area contributed by atoms with Gasteiger partial charge in [-0.1, -0.05) is 25.1 Å². The summed E-state index contributed by atoms with van der Waals surface area (Å²) >= 11 is 0. The van der Waals surface area contributed by atoms with Crippen LogP contribution >= 0.6 is 0 Å². The van der Waals surface area contributed by atoms with Crippen molar-refractivity contribution in [3.8, 4) is 0 Å². The van der Waals surface area contributed by atoms with E-state index >= 15 is 0 Å². The van der Waals surface area contributed by atoms with Gasteiger partial charge in [-0.05, 0) is 18.1 Å². The molecule has 1 aromatic rings. The Balaban J connectivity index is 2.83. The third kappa shape index (κ3) is 3.88. The van der Waals surface area contributed by atoms with Crippen molar-refractivity contribution in [3.05, 3.63) is 29.8 Å². The molecule has 0 aromatic heterocycles. The fourth-order valence-electron chi connectivity index (χ4n) is 1.39. The number of nitrogens with two attached hydrogens (primary N) is 2. The minimum Gasteiger partial charge on any atom is -0.369 e. The highest BCUT2D eigenvalue weighted by atomic mass is 16.2. The molecular weight excluding hydrogens is 218 g/mol. The van der Waals surface area contributed by atoms with Crippen molar-refractivity contribution in [2.75, 3.05) is 5.32 Å². The van der Waals surface area contributed by atoms with Crippen molar-refractivity contribution in [2.24, 2.45) is 11.5 Å². The van der Waals surface area contributed by atoms with Gasteiger partial charge in [0, 0.05) is 5.69 Å². The Kier molecular flexibility index (Phi) is 4.66. The Morgan fingerprint density at radius 1 is 1.35 bits per heavy atom. The van der Waals surface area contributed by atoms with E-state index in [-0.39, 0.29) is 12.3 Å². The molecule has 0 heterocycles. The molecular formula is C12H17N3O2. The molecule has 92 valence electrons. The van der Waals surface area contributed by atoms with Gasteiger partial charge < -0.3 is 16.8 Å². The summed E-state index contributed by atoms with van der Waals surface area (Å²) in [6.45, 7) is 1.83. The number of carbonyl (C=O) groups excluding carboxylic acids is 2. The van der Waals surface area contributed by atoms with E-state index in [2.05, 4.69) is 5.32 Å². The average Bonchev–Trinajstić information content (AvgIpc) is 2.29. The number of hydrogen-bond donors (Lipinski definition) is 3. The quantitative estimate of drug-likeness (QED) is 0.688. The molecule has 5 heteroatoms. The van der Waals surface area contributed by atoms with Crippen LogP contribution in [0.3, 0.4) is 0 Å². The molecule has 1 atom stereocenters. The van der Waals surface area contributed by atoms with Gasteiger partial charge in [-0.2, -0.15) is 0 Å². The van der Waals surface area contributed by atoms with Crippen LogP contribution in [0, 0.1) is 0 Å². The summed E-state index contributed by atoms with van der Waals surface area (Å²) < 4.78 is 0. The zero-order valence-corrected chi connectivity index (χ0v) is 9.77. The molecule has 1 unspecified atom stereocenters. The van der Waals surface area contributed by atoms with E-state index in [1.165, 1.54) is 0 Å². The first-order valence-electron chi connectivity index (χ1n) is 5.47. The molecule has 0 saturated heterocycles. The number of rotatable bonds is 5. The fraction of sp³-hybridized carbons (Fsp3) is 0.333. The van der Waals surface area contributed by atoms with Gasteiger partial charge in [0.05, 0.1) is 12.5 Å². The van der Waals surface area contributed by atoms with Crippen LogP contribution in [0.1, 0.15) is 18.9 Å². The van der Waals surface area contributed by atoms with E-state index < -0.39 is 11.9 Å². The highest BCUT2D eigenvalue weighted by molar-refractivity contribution is 5.95. The molecule has 1 aromatic carbocycles. The maximum absolute atomic E-state index is 11.6. The van der Waals surface area contributed by atoms with Crippen LogP contribution in [0.25, 0.3) is 0 Å².